The van der Waals surface area contributed by atoms with E-state index in [1.807, 2.05) is 13.0 Å². The van der Waals surface area contributed by atoms with Gasteiger partial charge in [0.25, 0.3) is 0 Å². The average molecular weight is 276 g/mol. The van der Waals surface area contributed by atoms with Gasteiger partial charge in [0.15, 0.2) is 0 Å². The molecule has 1 saturated heterocycles. The number of methoxy groups -OCH3 is 1. The molecule has 1 amide bonds. The van der Waals surface area contributed by atoms with E-state index >= 15 is 0 Å². The number of piperidine rings is 1. The second-order valence-electron chi connectivity index (χ2n) is 5.03. The molecule has 0 saturated carbocycles. The number of benzene rings is 1. The first-order chi connectivity index (χ1) is 9.61. The molecule has 0 bridgehead atoms. The van der Waals surface area contributed by atoms with E-state index in [0.717, 1.165) is 31.5 Å². The summed E-state index contributed by atoms with van der Waals surface area (Å²) in [6.07, 6.45) is 1.70. The van der Waals surface area contributed by atoms with E-state index in [0.29, 0.717) is 11.3 Å². The largest absolute Gasteiger partial charge is 0.465 e. The average Bonchev–Trinajstić information content (AvgIpc) is 2.49. The molecule has 0 aliphatic carbocycles. The number of aryl methyl sites for hydroxylation is 1. The van der Waals surface area contributed by atoms with Crippen molar-refractivity contribution in [3.8, 4) is 0 Å². The second kappa shape index (κ2) is 6.52. The summed E-state index contributed by atoms with van der Waals surface area (Å²) in [6, 6.07) is 5.28. The lowest BCUT2D eigenvalue weighted by molar-refractivity contribution is -0.120. The van der Waals surface area contributed by atoms with Crippen molar-refractivity contribution in [2.75, 3.05) is 25.5 Å². The van der Waals surface area contributed by atoms with Crippen LogP contribution in [0.1, 0.15) is 28.8 Å². The monoisotopic (exact) mass is 276 g/mol. The van der Waals surface area contributed by atoms with E-state index in [9.17, 15) is 9.59 Å². The number of anilines is 1. The van der Waals surface area contributed by atoms with Gasteiger partial charge in [-0.2, -0.15) is 0 Å². The standard InChI is InChI=1S/C15H20N2O3/c1-10-3-4-12(9-13(10)15(19)20-2)17-14(18)11-5-7-16-8-6-11/h3-4,9,11,16H,5-8H2,1-2H3,(H,17,18). The number of esters is 1. The molecule has 2 rings (SSSR count). The van der Waals surface area contributed by atoms with Crippen LogP contribution in [0, 0.1) is 12.8 Å². The maximum absolute atomic E-state index is 12.1. The molecular formula is C15H20N2O3. The highest BCUT2D eigenvalue weighted by Crippen LogP contribution is 2.19. The molecule has 2 N–H and O–H groups in total. The Morgan fingerprint density at radius 1 is 1.30 bits per heavy atom. The Labute approximate surface area is 118 Å². The quantitative estimate of drug-likeness (QED) is 0.825. The summed E-state index contributed by atoms with van der Waals surface area (Å²) < 4.78 is 4.73. The lowest BCUT2D eigenvalue weighted by Crippen LogP contribution is -2.34. The first-order valence-electron chi connectivity index (χ1n) is 6.82. The van der Waals surface area contributed by atoms with E-state index in [-0.39, 0.29) is 17.8 Å². The smallest absolute Gasteiger partial charge is 0.338 e. The van der Waals surface area contributed by atoms with E-state index in [1.54, 1.807) is 12.1 Å². The van der Waals surface area contributed by atoms with Crippen LogP contribution in [0.2, 0.25) is 0 Å². The van der Waals surface area contributed by atoms with Gasteiger partial charge in [-0.1, -0.05) is 6.07 Å². The van der Waals surface area contributed by atoms with Gasteiger partial charge in [0.1, 0.15) is 0 Å². The third kappa shape index (κ3) is 3.36. The van der Waals surface area contributed by atoms with E-state index in [1.165, 1.54) is 7.11 Å². The second-order valence-corrected chi connectivity index (χ2v) is 5.03. The minimum atomic E-state index is -0.388. The lowest BCUT2D eigenvalue weighted by atomic mass is 9.97. The molecule has 1 heterocycles. The fourth-order valence-electron chi connectivity index (χ4n) is 2.36. The van der Waals surface area contributed by atoms with Crippen LogP contribution in [0.3, 0.4) is 0 Å². The number of hydrogen-bond donors (Lipinski definition) is 2. The SMILES string of the molecule is COC(=O)c1cc(NC(=O)C2CCNCC2)ccc1C. The van der Waals surface area contributed by atoms with Gasteiger partial charge < -0.3 is 15.4 Å². The third-order valence-electron chi connectivity index (χ3n) is 3.62. The fraction of sp³-hybridized carbons (Fsp3) is 0.467. The van der Waals surface area contributed by atoms with Crippen LogP contribution in [0.25, 0.3) is 0 Å². The molecule has 0 aromatic heterocycles. The van der Waals surface area contributed by atoms with E-state index in [2.05, 4.69) is 10.6 Å². The Morgan fingerprint density at radius 3 is 2.65 bits per heavy atom. The van der Waals surface area contributed by atoms with Crippen LogP contribution < -0.4 is 10.6 Å². The molecule has 1 aliphatic heterocycles. The highest BCUT2D eigenvalue weighted by Gasteiger charge is 2.21. The molecule has 1 aliphatic rings. The predicted molar refractivity (Wildman–Crippen MR) is 76.7 cm³/mol. The Balaban J connectivity index is 2.09. The zero-order valence-electron chi connectivity index (χ0n) is 11.9. The highest BCUT2D eigenvalue weighted by atomic mass is 16.5. The van der Waals surface area contributed by atoms with Gasteiger partial charge >= 0.3 is 5.97 Å². The van der Waals surface area contributed by atoms with Crippen LogP contribution in [0.5, 0.6) is 0 Å². The number of ether oxygens (including phenoxy) is 1. The van der Waals surface area contributed by atoms with Crippen molar-refractivity contribution < 1.29 is 14.3 Å². The molecule has 5 nitrogen and oxygen atoms in total. The normalized spacial score (nSPS) is 15.7. The van der Waals surface area contributed by atoms with E-state index < -0.39 is 0 Å². The van der Waals surface area contributed by atoms with Crippen LogP contribution in [0.15, 0.2) is 18.2 Å². The molecule has 0 atom stereocenters. The summed E-state index contributed by atoms with van der Waals surface area (Å²) in [4.78, 5) is 23.8. The van der Waals surface area contributed by atoms with Crippen molar-refractivity contribution in [2.24, 2.45) is 5.92 Å². The Kier molecular flexibility index (Phi) is 4.74. The van der Waals surface area contributed by atoms with Crippen molar-refractivity contribution in [2.45, 2.75) is 19.8 Å². The van der Waals surface area contributed by atoms with Gasteiger partial charge in [-0.05, 0) is 50.6 Å². The molecule has 1 fully saturated rings. The molecule has 0 unspecified atom stereocenters. The van der Waals surface area contributed by atoms with Crippen LogP contribution in [0.4, 0.5) is 5.69 Å². The minimum absolute atomic E-state index is 0.0196. The Bertz CT molecular complexity index is 508. The zero-order valence-corrected chi connectivity index (χ0v) is 11.9. The molecule has 1 aromatic carbocycles. The number of amides is 1. The number of carbonyl (C=O) groups excluding carboxylic acids is 2. The van der Waals surface area contributed by atoms with Crippen molar-refractivity contribution in [1.82, 2.24) is 5.32 Å². The van der Waals surface area contributed by atoms with Gasteiger partial charge in [0.05, 0.1) is 12.7 Å². The maximum atomic E-state index is 12.1. The summed E-state index contributed by atoms with van der Waals surface area (Å²) in [5.74, 6) is -0.328. The predicted octanol–water partition coefficient (Wildman–Crippen LogP) is 1.72. The Morgan fingerprint density at radius 2 is 2.00 bits per heavy atom. The first kappa shape index (κ1) is 14.5. The fourth-order valence-corrected chi connectivity index (χ4v) is 2.36. The van der Waals surface area contributed by atoms with Gasteiger partial charge in [-0.25, -0.2) is 4.79 Å². The molecule has 0 radical (unpaired) electrons. The number of carbonyl (C=O) groups is 2. The van der Waals surface area contributed by atoms with Crippen molar-refractivity contribution in [3.05, 3.63) is 29.3 Å². The van der Waals surface area contributed by atoms with E-state index in [4.69, 9.17) is 4.74 Å². The topological polar surface area (TPSA) is 67.4 Å². The summed E-state index contributed by atoms with van der Waals surface area (Å²) in [7, 11) is 1.35. The molecule has 1 aromatic rings. The molecule has 108 valence electrons. The van der Waals surface area contributed by atoms with Crippen molar-refractivity contribution in [1.29, 1.82) is 0 Å². The first-order valence-corrected chi connectivity index (χ1v) is 6.82. The van der Waals surface area contributed by atoms with Crippen molar-refractivity contribution >= 4 is 17.6 Å². The number of rotatable bonds is 3. The zero-order chi connectivity index (χ0) is 14.5. The number of hydrogen-bond acceptors (Lipinski definition) is 4. The summed E-state index contributed by atoms with van der Waals surface area (Å²) in [5.41, 5.74) is 1.95. The minimum Gasteiger partial charge on any atom is -0.465 e. The molecule has 0 spiro atoms. The number of nitrogens with one attached hydrogen (secondary N) is 2. The Hall–Kier alpha value is -1.88. The van der Waals surface area contributed by atoms with Crippen LogP contribution in [-0.2, 0) is 9.53 Å². The lowest BCUT2D eigenvalue weighted by Gasteiger charge is -2.22. The van der Waals surface area contributed by atoms with Crippen LogP contribution >= 0.6 is 0 Å². The molecule has 20 heavy (non-hydrogen) atoms. The molecular weight excluding hydrogens is 256 g/mol. The summed E-state index contributed by atoms with van der Waals surface area (Å²) in [6.45, 7) is 3.59. The summed E-state index contributed by atoms with van der Waals surface area (Å²) >= 11 is 0. The van der Waals surface area contributed by atoms with Gasteiger partial charge in [-0.3, -0.25) is 4.79 Å². The van der Waals surface area contributed by atoms with Crippen molar-refractivity contribution in [3.63, 3.8) is 0 Å². The van der Waals surface area contributed by atoms with Gasteiger partial charge in [-0.15, -0.1) is 0 Å². The van der Waals surface area contributed by atoms with Crippen LogP contribution in [-0.4, -0.2) is 32.1 Å². The summed E-state index contributed by atoms with van der Waals surface area (Å²) in [5, 5.41) is 6.12. The van der Waals surface area contributed by atoms with Gasteiger partial charge in [0, 0.05) is 11.6 Å². The highest BCUT2D eigenvalue weighted by molar-refractivity contribution is 5.96. The van der Waals surface area contributed by atoms with Gasteiger partial charge in [0.2, 0.25) is 5.91 Å². The maximum Gasteiger partial charge on any atom is 0.338 e. The third-order valence-corrected chi connectivity index (χ3v) is 3.62. The molecule has 5 heteroatoms.